The lowest BCUT2D eigenvalue weighted by atomic mass is 10.3. The monoisotopic (exact) mass is 222 g/mol. The van der Waals surface area contributed by atoms with Gasteiger partial charge in [-0.2, -0.15) is 13.2 Å². The number of nitrogen functional groups attached to an aromatic ring is 1. The highest BCUT2D eigenvalue weighted by Crippen LogP contribution is 2.13. The van der Waals surface area contributed by atoms with Crippen molar-refractivity contribution in [3.63, 3.8) is 0 Å². The maximum atomic E-state index is 10.6. The van der Waals surface area contributed by atoms with Gasteiger partial charge >= 0.3 is 12.1 Å². The summed E-state index contributed by atoms with van der Waals surface area (Å²) in [6.45, 7) is 1.98. The van der Waals surface area contributed by atoms with E-state index in [2.05, 4.69) is 4.98 Å². The van der Waals surface area contributed by atoms with Crippen LogP contribution in [-0.2, 0) is 4.79 Å². The zero-order valence-electron chi connectivity index (χ0n) is 7.75. The Balaban J connectivity index is 0.000000265. The van der Waals surface area contributed by atoms with Gasteiger partial charge in [-0.05, 0) is 24.6 Å². The number of carbonyl (C=O) groups is 1. The Hall–Kier alpha value is -1.79. The van der Waals surface area contributed by atoms with Crippen LogP contribution in [0, 0.1) is 6.92 Å². The van der Waals surface area contributed by atoms with Crippen molar-refractivity contribution < 1.29 is 23.1 Å². The lowest BCUT2D eigenvalue weighted by Gasteiger charge is -1.93. The third-order valence-electron chi connectivity index (χ3n) is 1.18. The van der Waals surface area contributed by atoms with E-state index in [9.17, 15) is 13.2 Å². The van der Waals surface area contributed by atoms with Gasteiger partial charge in [0.1, 0.15) is 5.82 Å². The number of aliphatic carboxylic acids is 1. The number of aromatic nitrogens is 1. The number of hydrogen-bond donors (Lipinski definition) is 2. The van der Waals surface area contributed by atoms with Crippen LogP contribution in [0.15, 0.2) is 18.3 Å². The zero-order chi connectivity index (χ0) is 12.1. The summed E-state index contributed by atoms with van der Waals surface area (Å²) in [5.74, 6) is -2.17. The maximum absolute atomic E-state index is 10.6. The summed E-state index contributed by atoms with van der Waals surface area (Å²) in [6.07, 6.45) is -3.38. The summed E-state index contributed by atoms with van der Waals surface area (Å²) in [4.78, 5) is 12.7. The fourth-order valence-electron chi connectivity index (χ4n) is 0.560. The van der Waals surface area contributed by atoms with E-state index in [-0.39, 0.29) is 0 Å². The molecule has 0 atom stereocenters. The second kappa shape index (κ2) is 5.18. The largest absolute Gasteiger partial charge is 0.490 e. The highest BCUT2D eigenvalue weighted by molar-refractivity contribution is 5.73. The first-order chi connectivity index (χ1) is 6.73. The van der Waals surface area contributed by atoms with Crippen LogP contribution in [-0.4, -0.2) is 22.2 Å². The van der Waals surface area contributed by atoms with Gasteiger partial charge < -0.3 is 10.8 Å². The number of carboxylic acids is 1. The molecular formula is C8H9F3N2O2. The molecule has 7 heteroatoms. The van der Waals surface area contributed by atoms with Crippen LogP contribution in [0.25, 0.3) is 0 Å². The molecule has 0 aromatic carbocycles. The average Bonchev–Trinajstić information content (AvgIpc) is 2.02. The number of anilines is 1. The molecule has 0 bridgehead atoms. The van der Waals surface area contributed by atoms with Crippen molar-refractivity contribution >= 4 is 11.8 Å². The average molecular weight is 222 g/mol. The number of hydrogen-bond acceptors (Lipinski definition) is 3. The van der Waals surface area contributed by atoms with Gasteiger partial charge in [-0.3, -0.25) is 0 Å². The second-order valence-electron chi connectivity index (χ2n) is 2.56. The van der Waals surface area contributed by atoms with E-state index in [1.807, 2.05) is 19.1 Å². The minimum atomic E-state index is -5.08. The standard InChI is InChI=1S/C6H8N2.C2HF3O2/c1-5-2-3-8-6(7)4-5;3-2(4,5)1(6)7/h2-4H,1H3,(H2,7,8);(H,6,7). The molecule has 84 valence electrons. The summed E-state index contributed by atoms with van der Waals surface area (Å²) >= 11 is 0. The number of pyridine rings is 1. The number of aryl methyl sites for hydroxylation is 1. The number of alkyl halides is 3. The Morgan fingerprint density at radius 3 is 2.20 bits per heavy atom. The normalized spacial score (nSPS) is 10.1. The van der Waals surface area contributed by atoms with Gasteiger partial charge in [-0.15, -0.1) is 0 Å². The number of rotatable bonds is 0. The molecule has 0 aliphatic heterocycles. The fraction of sp³-hybridized carbons (Fsp3) is 0.250. The van der Waals surface area contributed by atoms with Gasteiger partial charge in [0.2, 0.25) is 0 Å². The highest BCUT2D eigenvalue weighted by Gasteiger charge is 2.38. The van der Waals surface area contributed by atoms with E-state index < -0.39 is 12.1 Å². The first kappa shape index (κ1) is 13.2. The molecule has 1 heterocycles. The van der Waals surface area contributed by atoms with Crippen molar-refractivity contribution in [1.82, 2.24) is 4.98 Å². The number of nitrogens with zero attached hydrogens (tertiary/aromatic N) is 1. The van der Waals surface area contributed by atoms with E-state index in [1.54, 1.807) is 6.20 Å². The fourth-order valence-corrected chi connectivity index (χ4v) is 0.560. The van der Waals surface area contributed by atoms with Crippen molar-refractivity contribution in [2.45, 2.75) is 13.1 Å². The van der Waals surface area contributed by atoms with Gasteiger partial charge in [-0.1, -0.05) is 0 Å². The molecule has 0 amide bonds. The Bertz CT molecular complexity index is 322. The third kappa shape index (κ3) is 6.30. The topological polar surface area (TPSA) is 76.2 Å². The van der Waals surface area contributed by atoms with Crippen LogP contribution in [0.3, 0.4) is 0 Å². The Labute approximate surface area is 83.5 Å². The first-order valence-corrected chi connectivity index (χ1v) is 3.71. The SMILES string of the molecule is Cc1ccnc(N)c1.O=C(O)C(F)(F)F. The first-order valence-electron chi connectivity index (χ1n) is 3.71. The summed E-state index contributed by atoms with van der Waals surface area (Å²) in [5.41, 5.74) is 6.50. The zero-order valence-corrected chi connectivity index (χ0v) is 7.75. The van der Waals surface area contributed by atoms with Crippen LogP contribution in [0.4, 0.5) is 19.0 Å². The molecule has 1 rings (SSSR count). The third-order valence-corrected chi connectivity index (χ3v) is 1.18. The van der Waals surface area contributed by atoms with Crippen LogP contribution >= 0.6 is 0 Å². The molecule has 4 nitrogen and oxygen atoms in total. The van der Waals surface area contributed by atoms with E-state index in [4.69, 9.17) is 15.6 Å². The molecule has 0 saturated carbocycles. The van der Waals surface area contributed by atoms with Crippen LogP contribution < -0.4 is 5.73 Å². The molecule has 3 N–H and O–H groups in total. The van der Waals surface area contributed by atoms with Crippen molar-refractivity contribution in [2.24, 2.45) is 0 Å². The van der Waals surface area contributed by atoms with Crippen LogP contribution in [0.1, 0.15) is 5.56 Å². The Morgan fingerprint density at radius 1 is 1.53 bits per heavy atom. The quantitative estimate of drug-likeness (QED) is 0.699. The second-order valence-corrected chi connectivity index (χ2v) is 2.56. The molecule has 0 saturated heterocycles. The summed E-state index contributed by atoms with van der Waals surface area (Å²) in [6, 6.07) is 3.75. The lowest BCUT2D eigenvalue weighted by Crippen LogP contribution is -2.21. The van der Waals surface area contributed by atoms with E-state index in [1.165, 1.54) is 0 Å². The number of halogens is 3. The number of carboxylic acid groups (broad SMARTS) is 1. The van der Waals surface area contributed by atoms with E-state index in [0.717, 1.165) is 5.56 Å². The van der Waals surface area contributed by atoms with Crippen LogP contribution in [0.5, 0.6) is 0 Å². The minimum Gasteiger partial charge on any atom is -0.475 e. The molecule has 0 aliphatic carbocycles. The van der Waals surface area contributed by atoms with E-state index >= 15 is 0 Å². The van der Waals surface area contributed by atoms with Gasteiger partial charge in [-0.25, -0.2) is 9.78 Å². The van der Waals surface area contributed by atoms with Crippen molar-refractivity contribution in [3.05, 3.63) is 23.9 Å². The Kier molecular flexibility index (Phi) is 4.56. The van der Waals surface area contributed by atoms with Gasteiger partial charge in [0, 0.05) is 6.20 Å². The molecule has 0 spiro atoms. The van der Waals surface area contributed by atoms with Crippen molar-refractivity contribution in [3.8, 4) is 0 Å². The molecular weight excluding hydrogens is 213 g/mol. The Morgan fingerprint density at radius 2 is 2.00 bits per heavy atom. The number of nitrogens with two attached hydrogens (primary N) is 1. The highest BCUT2D eigenvalue weighted by atomic mass is 19.4. The summed E-state index contributed by atoms with van der Waals surface area (Å²) in [5, 5.41) is 7.12. The molecule has 0 fully saturated rings. The predicted octanol–water partition coefficient (Wildman–Crippen LogP) is 1.61. The summed E-state index contributed by atoms with van der Waals surface area (Å²) < 4.78 is 31.7. The summed E-state index contributed by atoms with van der Waals surface area (Å²) in [7, 11) is 0. The smallest absolute Gasteiger partial charge is 0.475 e. The van der Waals surface area contributed by atoms with Crippen LogP contribution in [0.2, 0.25) is 0 Å². The maximum Gasteiger partial charge on any atom is 0.490 e. The van der Waals surface area contributed by atoms with Gasteiger partial charge in [0.15, 0.2) is 0 Å². The van der Waals surface area contributed by atoms with Gasteiger partial charge in [0.25, 0.3) is 0 Å². The lowest BCUT2D eigenvalue weighted by molar-refractivity contribution is -0.192. The predicted molar refractivity (Wildman–Crippen MR) is 47.1 cm³/mol. The van der Waals surface area contributed by atoms with Gasteiger partial charge in [0.05, 0.1) is 0 Å². The van der Waals surface area contributed by atoms with Crippen molar-refractivity contribution in [1.29, 1.82) is 0 Å². The molecule has 1 aromatic rings. The van der Waals surface area contributed by atoms with E-state index in [0.29, 0.717) is 5.82 Å². The molecule has 1 aromatic heterocycles. The molecule has 0 unspecified atom stereocenters. The molecule has 15 heavy (non-hydrogen) atoms. The van der Waals surface area contributed by atoms with Crippen molar-refractivity contribution in [2.75, 3.05) is 5.73 Å². The minimum absolute atomic E-state index is 0.588. The molecule has 0 aliphatic rings. The molecule has 0 radical (unpaired) electrons.